The lowest BCUT2D eigenvalue weighted by atomic mass is 10.2. The Morgan fingerprint density at radius 3 is 2.67 bits per heavy atom. The first-order chi connectivity index (χ1) is 7.25. The van der Waals surface area contributed by atoms with Gasteiger partial charge in [0.25, 0.3) is 0 Å². The summed E-state index contributed by atoms with van der Waals surface area (Å²) in [6, 6.07) is 10.3. The summed E-state index contributed by atoms with van der Waals surface area (Å²) < 4.78 is 0. The van der Waals surface area contributed by atoms with E-state index in [1.54, 1.807) is 0 Å². The van der Waals surface area contributed by atoms with E-state index in [1.807, 2.05) is 18.2 Å². The van der Waals surface area contributed by atoms with Gasteiger partial charge in [0.2, 0.25) is 0 Å². The van der Waals surface area contributed by atoms with E-state index >= 15 is 0 Å². The zero-order valence-electron chi connectivity index (χ0n) is 8.94. The number of likely N-dealkylation sites (N-methyl/N-ethyl adjacent to an activating group) is 1. The minimum absolute atomic E-state index is 0.0870. The molecule has 1 saturated heterocycles. The van der Waals surface area contributed by atoms with Crippen LogP contribution >= 0.6 is 11.6 Å². The van der Waals surface area contributed by atoms with Crippen molar-refractivity contribution in [1.29, 1.82) is 0 Å². The van der Waals surface area contributed by atoms with Gasteiger partial charge in [-0.3, -0.25) is 4.90 Å². The molecule has 1 unspecified atom stereocenters. The minimum atomic E-state index is 0.0870. The van der Waals surface area contributed by atoms with Gasteiger partial charge < -0.3 is 4.90 Å². The zero-order chi connectivity index (χ0) is 10.7. The van der Waals surface area contributed by atoms with Crippen molar-refractivity contribution in [3.63, 3.8) is 0 Å². The second-order valence-electron chi connectivity index (χ2n) is 3.97. The van der Waals surface area contributed by atoms with Crippen LogP contribution < -0.4 is 0 Å². The maximum absolute atomic E-state index is 6.28. The normalized spacial score (nSPS) is 24.3. The lowest BCUT2D eigenvalue weighted by Gasteiger charge is -2.36. The van der Waals surface area contributed by atoms with E-state index in [0.717, 1.165) is 19.6 Å². The largest absolute Gasteiger partial charge is 0.302 e. The van der Waals surface area contributed by atoms with Crippen molar-refractivity contribution < 1.29 is 0 Å². The Labute approximate surface area is 96.4 Å². The van der Waals surface area contributed by atoms with Crippen LogP contribution in [0.15, 0.2) is 30.3 Å². The minimum Gasteiger partial charge on any atom is -0.302 e. The summed E-state index contributed by atoms with van der Waals surface area (Å²) in [5, 5.41) is 0. The molecule has 1 aromatic rings. The van der Waals surface area contributed by atoms with Crippen LogP contribution in [0.5, 0.6) is 0 Å². The highest BCUT2D eigenvalue weighted by Crippen LogP contribution is 2.17. The Morgan fingerprint density at radius 2 is 2.00 bits per heavy atom. The Hall–Kier alpha value is -0.570. The van der Waals surface area contributed by atoms with E-state index < -0.39 is 0 Å². The third-order valence-electron chi connectivity index (χ3n) is 2.68. The Bertz CT molecular complexity index is 302. The third kappa shape index (κ3) is 2.94. The molecule has 0 amide bonds. The molecular formula is C12H16ClN2. The van der Waals surface area contributed by atoms with Crippen molar-refractivity contribution in [3.05, 3.63) is 42.4 Å². The number of hydrogen-bond donors (Lipinski definition) is 0. The Balaban J connectivity index is 1.95. The molecule has 2 nitrogen and oxygen atoms in total. The van der Waals surface area contributed by atoms with Crippen LogP contribution in [-0.2, 0) is 0 Å². The average Bonchev–Trinajstić information content (AvgIpc) is 2.24. The van der Waals surface area contributed by atoms with Gasteiger partial charge in [0.15, 0.2) is 0 Å². The lowest BCUT2D eigenvalue weighted by molar-refractivity contribution is 0.164. The smallest absolute Gasteiger partial charge is 0.0985 e. The van der Waals surface area contributed by atoms with Crippen LogP contribution in [0.25, 0.3) is 0 Å². The predicted octanol–water partition coefficient (Wildman–Crippen LogP) is 2.01. The number of alkyl halides is 1. The number of nitrogens with zero attached hydrogens (tertiary/aromatic N) is 2. The van der Waals surface area contributed by atoms with Gasteiger partial charge in [-0.1, -0.05) is 30.3 Å². The standard InChI is InChI=1S/C12H16ClN2/c1-14-7-8-15(12(13)10-14)9-11-5-3-2-4-6-11/h2-6,9,12H,7-8,10H2,1H3. The van der Waals surface area contributed by atoms with Crippen molar-refractivity contribution in [2.75, 3.05) is 26.7 Å². The maximum Gasteiger partial charge on any atom is 0.0985 e. The van der Waals surface area contributed by atoms with Crippen LogP contribution in [0.1, 0.15) is 5.56 Å². The van der Waals surface area contributed by atoms with E-state index in [4.69, 9.17) is 11.6 Å². The zero-order valence-corrected chi connectivity index (χ0v) is 9.69. The fourth-order valence-corrected chi connectivity index (χ4v) is 2.15. The molecule has 1 atom stereocenters. The summed E-state index contributed by atoms with van der Waals surface area (Å²) in [5.74, 6) is 0. The molecule has 1 aliphatic rings. The second kappa shape index (κ2) is 4.97. The maximum atomic E-state index is 6.28. The molecule has 0 N–H and O–H groups in total. The quantitative estimate of drug-likeness (QED) is 0.559. The fourth-order valence-electron chi connectivity index (χ4n) is 1.76. The molecule has 1 heterocycles. The predicted molar refractivity (Wildman–Crippen MR) is 63.7 cm³/mol. The first-order valence-electron chi connectivity index (χ1n) is 5.24. The van der Waals surface area contributed by atoms with E-state index in [1.165, 1.54) is 5.56 Å². The number of piperazine rings is 1. The van der Waals surface area contributed by atoms with E-state index in [9.17, 15) is 0 Å². The molecule has 0 spiro atoms. The van der Waals surface area contributed by atoms with Crippen LogP contribution in [-0.4, -0.2) is 42.0 Å². The molecule has 1 fully saturated rings. The number of rotatable bonds is 2. The van der Waals surface area contributed by atoms with Gasteiger partial charge in [-0.25, -0.2) is 0 Å². The second-order valence-corrected chi connectivity index (χ2v) is 4.48. The van der Waals surface area contributed by atoms with Gasteiger partial charge in [0, 0.05) is 19.6 Å². The van der Waals surface area contributed by atoms with Gasteiger partial charge in [-0.2, -0.15) is 0 Å². The molecule has 0 aromatic heterocycles. The summed E-state index contributed by atoms with van der Waals surface area (Å²) in [6.45, 7) is 5.14. The van der Waals surface area contributed by atoms with Crippen LogP contribution in [0.3, 0.4) is 0 Å². The van der Waals surface area contributed by atoms with Crippen LogP contribution in [0.2, 0.25) is 0 Å². The molecule has 1 radical (unpaired) electrons. The molecule has 0 bridgehead atoms. The molecule has 3 heteroatoms. The van der Waals surface area contributed by atoms with Crippen molar-refractivity contribution in [2.45, 2.75) is 5.50 Å². The van der Waals surface area contributed by atoms with Gasteiger partial charge in [-0.15, -0.1) is 11.6 Å². The van der Waals surface area contributed by atoms with Crippen LogP contribution in [0.4, 0.5) is 0 Å². The summed E-state index contributed by atoms with van der Waals surface area (Å²) in [7, 11) is 2.11. The average molecular weight is 224 g/mol. The molecule has 2 rings (SSSR count). The molecule has 15 heavy (non-hydrogen) atoms. The topological polar surface area (TPSA) is 6.48 Å². The molecule has 1 aromatic carbocycles. The van der Waals surface area contributed by atoms with Gasteiger partial charge in [0.05, 0.1) is 12.0 Å². The van der Waals surface area contributed by atoms with Gasteiger partial charge in [-0.05, 0) is 12.6 Å². The highest BCUT2D eigenvalue weighted by Gasteiger charge is 2.23. The van der Waals surface area contributed by atoms with Gasteiger partial charge >= 0.3 is 0 Å². The molecule has 0 saturated carbocycles. The van der Waals surface area contributed by atoms with Crippen molar-refractivity contribution >= 4 is 11.6 Å². The summed E-state index contributed by atoms with van der Waals surface area (Å²) >= 11 is 6.28. The first kappa shape index (κ1) is 10.9. The highest BCUT2D eigenvalue weighted by molar-refractivity contribution is 6.20. The summed E-state index contributed by atoms with van der Waals surface area (Å²) in [4.78, 5) is 4.46. The molecule has 0 aliphatic carbocycles. The molecular weight excluding hydrogens is 208 g/mol. The summed E-state index contributed by atoms with van der Waals surface area (Å²) in [6.07, 6.45) is 0. The monoisotopic (exact) mass is 223 g/mol. The Kier molecular flexibility index (Phi) is 3.62. The SMILES string of the molecule is CN1CCN([CH]c2ccccc2)C(Cl)C1. The first-order valence-corrected chi connectivity index (χ1v) is 5.67. The van der Waals surface area contributed by atoms with E-state index in [0.29, 0.717) is 0 Å². The third-order valence-corrected chi connectivity index (χ3v) is 3.07. The van der Waals surface area contributed by atoms with Gasteiger partial charge in [0.1, 0.15) is 0 Å². The van der Waals surface area contributed by atoms with Crippen molar-refractivity contribution in [2.24, 2.45) is 0 Å². The molecule has 1 aliphatic heterocycles. The Morgan fingerprint density at radius 1 is 1.27 bits per heavy atom. The lowest BCUT2D eigenvalue weighted by Crippen LogP contribution is -2.47. The number of hydrogen-bond acceptors (Lipinski definition) is 2. The van der Waals surface area contributed by atoms with E-state index in [-0.39, 0.29) is 5.50 Å². The highest BCUT2D eigenvalue weighted by atomic mass is 35.5. The molecule has 81 valence electrons. The van der Waals surface area contributed by atoms with Crippen molar-refractivity contribution in [3.8, 4) is 0 Å². The number of halogens is 1. The number of benzene rings is 1. The van der Waals surface area contributed by atoms with Crippen molar-refractivity contribution in [1.82, 2.24) is 9.80 Å². The van der Waals surface area contributed by atoms with Crippen LogP contribution in [0, 0.1) is 6.54 Å². The van der Waals surface area contributed by atoms with E-state index in [2.05, 4.69) is 35.5 Å². The fraction of sp³-hybridized carbons (Fsp3) is 0.417. The summed E-state index contributed by atoms with van der Waals surface area (Å²) in [5.41, 5.74) is 1.30.